The molecule has 0 aliphatic carbocycles. The molecule has 0 spiro atoms. The van der Waals surface area contributed by atoms with Crippen LogP contribution in [0, 0.1) is 5.41 Å². The van der Waals surface area contributed by atoms with Crippen molar-refractivity contribution in [2.75, 3.05) is 0 Å². The van der Waals surface area contributed by atoms with Crippen molar-refractivity contribution in [2.45, 2.75) is 59.5 Å². The van der Waals surface area contributed by atoms with E-state index in [1.54, 1.807) is 0 Å². The molecular formula is C12H22OS2. The summed E-state index contributed by atoms with van der Waals surface area (Å²) >= 11 is 0. The third-order valence-electron chi connectivity index (χ3n) is 2.31. The van der Waals surface area contributed by atoms with Crippen molar-refractivity contribution in [1.82, 2.24) is 0 Å². The van der Waals surface area contributed by atoms with Gasteiger partial charge in [-0.2, -0.15) is 0 Å². The molecule has 15 heavy (non-hydrogen) atoms. The van der Waals surface area contributed by atoms with Crippen LogP contribution < -0.4 is 0 Å². The number of ether oxygens (including phenoxy) is 1. The van der Waals surface area contributed by atoms with Gasteiger partial charge in [0.15, 0.2) is 0 Å². The molecule has 1 nitrogen and oxygen atoms in total. The molecule has 1 fully saturated rings. The molecule has 1 heterocycles. The molecule has 88 valence electrons. The third kappa shape index (κ3) is 3.18. The lowest BCUT2D eigenvalue weighted by atomic mass is 9.91. The standard InChI is InChI=1S/C12H22OS2/c1-8(2)9-12(6,7)10(15-14-9)13-11(3,4)5/h10H,1-7H3. The molecule has 0 N–H and O–H groups in total. The summed E-state index contributed by atoms with van der Waals surface area (Å²) in [5.41, 5.74) is 1.75. The molecule has 0 aromatic heterocycles. The summed E-state index contributed by atoms with van der Waals surface area (Å²) in [5, 5.41) is 0. The van der Waals surface area contributed by atoms with Crippen molar-refractivity contribution in [1.29, 1.82) is 0 Å². The van der Waals surface area contributed by atoms with E-state index >= 15 is 0 Å². The summed E-state index contributed by atoms with van der Waals surface area (Å²) < 4.78 is 6.10. The van der Waals surface area contributed by atoms with Gasteiger partial charge < -0.3 is 4.74 Å². The Labute approximate surface area is 102 Å². The second-order valence-electron chi connectivity index (χ2n) is 5.79. The Morgan fingerprint density at radius 2 is 1.80 bits per heavy atom. The van der Waals surface area contributed by atoms with E-state index in [1.807, 2.05) is 21.6 Å². The van der Waals surface area contributed by atoms with Crippen LogP contribution in [0.4, 0.5) is 0 Å². The van der Waals surface area contributed by atoms with Gasteiger partial charge in [0.1, 0.15) is 5.44 Å². The maximum absolute atomic E-state index is 6.10. The fraction of sp³-hybridized carbons (Fsp3) is 0.833. The Kier molecular flexibility index (Phi) is 3.90. The molecule has 1 rings (SSSR count). The van der Waals surface area contributed by atoms with Crippen LogP contribution in [-0.2, 0) is 4.74 Å². The van der Waals surface area contributed by atoms with Crippen molar-refractivity contribution in [3.05, 3.63) is 10.5 Å². The Balaban J connectivity index is 2.85. The Hall–Kier alpha value is 0.400. The lowest BCUT2D eigenvalue weighted by Gasteiger charge is -2.32. The highest BCUT2D eigenvalue weighted by Gasteiger charge is 2.43. The minimum Gasteiger partial charge on any atom is -0.360 e. The quantitative estimate of drug-likeness (QED) is 0.613. The van der Waals surface area contributed by atoms with Crippen LogP contribution >= 0.6 is 21.6 Å². The van der Waals surface area contributed by atoms with E-state index in [2.05, 4.69) is 48.5 Å². The van der Waals surface area contributed by atoms with Crippen LogP contribution in [-0.4, -0.2) is 11.0 Å². The average molecular weight is 246 g/mol. The van der Waals surface area contributed by atoms with Gasteiger partial charge in [0.2, 0.25) is 0 Å². The first-order chi connectivity index (χ1) is 6.64. The van der Waals surface area contributed by atoms with Crippen LogP contribution in [0.15, 0.2) is 10.5 Å². The molecule has 1 saturated heterocycles. The second-order valence-corrected chi connectivity index (χ2v) is 8.07. The zero-order chi connectivity index (χ0) is 11.9. The highest BCUT2D eigenvalue weighted by Crippen LogP contribution is 2.59. The molecule has 3 heteroatoms. The first-order valence-corrected chi connectivity index (χ1v) is 7.55. The molecule has 0 radical (unpaired) electrons. The molecule has 1 aliphatic heterocycles. The van der Waals surface area contributed by atoms with Crippen LogP contribution in [0.3, 0.4) is 0 Å². The van der Waals surface area contributed by atoms with Crippen LogP contribution in [0.1, 0.15) is 48.5 Å². The Morgan fingerprint density at radius 3 is 2.13 bits per heavy atom. The van der Waals surface area contributed by atoms with E-state index in [0.717, 1.165) is 0 Å². The van der Waals surface area contributed by atoms with Crippen LogP contribution in [0.2, 0.25) is 0 Å². The molecule has 1 atom stereocenters. The summed E-state index contributed by atoms with van der Waals surface area (Å²) in [4.78, 5) is 1.47. The summed E-state index contributed by atoms with van der Waals surface area (Å²) in [7, 11) is 3.73. The molecule has 0 amide bonds. The van der Waals surface area contributed by atoms with Crippen molar-refractivity contribution in [2.24, 2.45) is 5.41 Å². The predicted molar refractivity (Wildman–Crippen MR) is 72.0 cm³/mol. The highest BCUT2D eigenvalue weighted by atomic mass is 33.1. The van der Waals surface area contributed by atoms with Gasteiger partial charge in [-0.25, -0.2) is 0 Å². The Bertz CT molecular complexity index is 270. The molecule has 1 unspecified atom stereocenters. The molecular weight excluding hydrogens is 224 g/mol. The normalized spacial score (nSPS) is 25.8. The third-order valence-corrected chi connectivity index (χ3v) is 5.68. The molecule has 0 bridgehead atoms. The Morgan fingerprint density at radius 1 is 1.27 bits per heavy atom. The van der Waals surface area contributed by atoms with Crippen molar-refractivity contribution < 1.29 is 4.74 Å². The molecule has 0 aromatic carbocycles. The van der Waals surface area contributed by atoms with E-state index in [0.29, 0.717) is 0 Å². The first-order valence-electron chi connectivity index (χ1n) is 5.33. The minimum absolute atomic E-state index is 0.0629. The lowest BCUT2D eigenvalue weighted by molar-refractivity contribution is -0.0508. The summed E-state index contributed by atoms with van der Waals surface area (Å²) in [6, 6.07) is 0. The van der Waals surface area contributed by atoms with Crippen molar-refractivity contribution in [3.63, 3.8) is 0 Å². The SMILES string of the molecule is CC(C)=C1SSC(OC(C)(C)C)C1(C)C. The van der Waals surface area contributed by atoms with E-state index in [-0.39, 0.29) is 16.5 Å². The highest BCUT2D eigenvalue weighted by molar-refractivity contribution is 8.78. The lowest BCUT2D eigenvalue weighted by Crippen LogP contribution is -2.33. The molecule has 1 aliphatic rings. The second kappa shape index (κ2) is 4.34. The first kappa shape index (κ1) is 13.5. The topological polar surface area (TPSA) is 9.23 Å². The van der Waals surface area contributed by atoms with Gasteiger partial charge in [0.05, 0.1) is 5.60 Å². The fourth-order valence-electron chi connectivity index (χ4n) is 1.64. The minimum atomic E-state index is -0.0629. The van der Waals surface area contributed by atoms with Gasteiger partial charge in [-0.1, -0.05) is 41.0 Å². The van der Waals surface area contributed by atoms with E-state index in [4.69, 9.17) is 4.74 Å². The maximum atomic E-state index is 6.10. The van der Waals surface area contributed by atoms with Crippen molar-refractivity contribution in [3.8, 4) is 0 Å². The van der Waals surface area contributed by atoms with E-state index < -0.39 is 0 Å². The molecule has 0 aromatic rings. The van der Waals surface area contributed by atoms with Gasteiger partial charge in [-0.3, -0.25) is 0 Å². The monoisotopic (exact) mass is 246 g/mol. The largest absolute Gasteiger partial charge is 0.360 e. The van der Waals surface area contributed by atoms with Gasteiger partial charge in [0.25, 0.3) is 0 Å². The van der Waals surface area contributed by atoms with Gasteiger partial charge in [-0.15, -0.1) is 0 Å². The van der Waals surface area contributed by atoms with Crippen LogP contribution in [0.5, 0.6) is 0 Å². The van der Waals surface area contributed by atoms with Gasteiger partial charge >= 0.3 is 0 Å². The average Bonchev–Trinajstić information content (AvgIpc) is 2.24. The van der Waals surface area contributed by atoms with Gasteiger partial charge in [0, 0.05) is 10.3 Å². The number of hydrogen-bond donors (Lipinski definition) is 0. The zero-order valence-electron chi connectivity index (χ0n) is 10.8. The molecule has 0 saturated carbocycles. The smallest absolute Gasteiger partial charge is 0.123 e. The summed E-state index contributed by atoms with van der Waals surface area (Å²) in [6.07, 6.45) is 0. The van der Waals surface area contributed by atoms with Crippen LogP contribution in [0.25, 0.3) is 0 Å². The summed E-state index contributed by atoms with van der Waals surface area (Å²) in [6.45, 7) is 15.3. The van der Waals surface area contributed by atoms with Gasteiger partial charge in [-0.05, 0) is 34.6 Å². The van der Waals surface area contributed by atoms with E-state index in [9.17, 15) is 0 Å². The fourth-order valence-corrected chi connectivity index (χ4v) is 5.61. The van der Waals surface area contributed by atoms with E-state index in [1.165, 1.54) is 10.5 Å². The zero-order valence-corrected chi connectivity index (χ0v) is 12.4. The number of rotatable bonds is 1. The number of allylic oxidation sites excluding steroid dienone is 1. The maximum Gasteiger partial charge on any atom is 0.123 e. The van der Waals surface area contributed by atoms with Crippen molar-refractivity contribution >= 4 is 21.6 Å². The predicted octanol–water partition coefficient (Wildman–Crippen LogP) is 4.84. The summed E-state index contributed by atoms with van der Waals surface area (Å²) in [5.74, 6) is 0. The number of hydrogen-bond acceptors (Lipinski definition) is 3.